The molecular weight excluding hydrogens is 292 g/mol. The molecule has 0 radical (unpaired) electrons. The highest BCUT2D eigenvalue weighted by atomic mass is 16.6. The summed E-state index contributed by atoms with van der Waals surface area (Å²) in [5.41, 5.74) is 0.310. The number of ether oxygens (including phenoxy) is 2. The van der Waals surface area contributed by atoms with E-state index in [2.05, 4.69) is 10.3 Å². The van der Waals surface area contributed by atoms with Gasteiger partial charge >= 0.3 is 12.1 Å². The third kappa shape index (κ3) is 3.35. The molecule has 0 spiro atoms. The van der Waals surface area contributed by atoms with Crippen LogP contribution in [0.1, 0.15) is 13.8 Å². The Bertz CT molecular complexity index is 680. The highest BCUT2D eigenvalue weighted by Gasteiger charge is 2.26. The Morgan fingerprint density at radius 1 is 1.41 bits per heavy atom. The number of rotatable bonds is 4. The minimum absolute atomic E-state index is 0.0383. The number of aromatic nitrogens is 1. The van der Waals surface area contributed by atoms with Gasteiger partial charge in [-0.15, -0.1) is 0 Å². The maximum Gasteiger partial charge on any atom is 0.414 e. The summed E-state index contributed by atoms with van der Waals surface area (Å²) in [5, 5.41) is 12.4. The molecule has 0 unspecified atom stereocenters. The Kier molecular flexibility index (Phi) is 4.62. The van der Waals surface area contributed by atoms with Crippen molar-refractivity contribution in [3.63, 3.8) is 0 Å². The van der Waals surface area contributed by atoms with E-state index in [1.807, 2.05) is 0 Å². The van der Waals surface area contributed by atoms with E-state index in [0.29, 0.717) is 5.69 Å². The van der Waals surface area contributed by atoms with Crippen molar-refractivity contribution in [3.05, 3.63) is 24.4 Å². The largest absolute Gasteiger partial charge is 0.501 e. The monoisotopic (exact) mass is 306 g/mol. The molecule has 0 aliphatic rings. The number of esters is 1. The van der Waals surface area contributed by atoms with Crippen LogP contribution in [0.4, 0.5) is 10.7 Å². The number of hydrogen-bond donors (Lipinski definition) is 2. The molecule has 8 nitrogen and oxygen atoms in total. The molecule has 2 aromatic rings. The van der Waals surface area contributed by atoms with Gasteiger partial charge in [0, 0.05) is 13.1 Å². The van der Waals surface area contributed by atoms with E-state index >= 15 is 0 Å². The predicted octanol–water partition coefficient (Wildman–Crippen LogP) is 2.54. The maximum atomic E-state index is 11.5. The number of carbonyl (C=O) groups excluding carboxylic acids is 2. The third-order valence-corrected chi connectivity index (χ3v) is 2.47. The summed E-state index contributed by atoms with van der Waals surface area (Å²) < 4.78 is 14.9. The van der Waals surface area contributed by atoms with Crippen molar-refractivity contribution >= 4 is 17.9 Å². The van der Waals surface area contributed by atoms with E-state index < -0.39 is 17.8 Å². The fourth-order valence-electron chi connectivity index (χ4n) is 1.66. The molecule has 2 N–H and O–H groups in total. The van der Waals surface area contributed by atoms with E-state index in [4.69, 9.17) is 13.9 Å². The highest BCUT2D eigenvalue weighted by molar-refractivity contribution is 5.88. The van der Waals surface area contributed by atoms with E-state index in [0.717, 1.165) is 6.92 Å². The first kappa shape index (κ1) is 15.4. The van der Waals surface area contributed by atoms with Gasteiger partial charge in [0.25, 0.3) is 5.88 Å². The number of nitrogens with one attached hydrogen (secondary N) is 1. The van der Waals surface area contributed by atoms with Crippen LogP contribution in [0.3, 0.4) is 0 Å². The average molecular weight is 306 g/mol. The van der Waals surface area contributed by atoms with Crippen molar-refractivity contribution in [3.8, 4) is 23.0 Å². The van der Waals surface area contributed by atoms with Gasteiger partial charge in [-0.1, -0.05) is 6.07 Å². The topological polar surface area (TPSA) is 111 Å². The molecule has 0 bridgehead atoms. The van der Waals surface area contributed by atoms with Gasteiger partial charge in [-0.05, 0) is 19.1 Å². The predicted molar refractivity (Wildman–Crippen MR) is 75.6 cm³/mol. The van der Waals surface area contributed by atoms with Crippen LogP contribution in [0.5, 0.6) is 11.5 Å². The maximum absolute atomic E-state index is 11.5. The Balaban J connectivity index is 2.43. The number of amides is 1. The summed E-state index contributed by atoms with van der Waals surface area (Å²) in [4.78, 5) is 26.6. The second-order valence-electron chi connectivity index (χ2n) is 4.09. The van der Waals surface area contributed by atoms with Gasteiger partial charge < -0.3 is 19.0 Å². The number of carbonyl (C=O) groups is 2. The van der Waals surface area contributed by atoms with Crippen LogP contribution in [0.15, 0.2) is 28.8 Å². The number of furan rings is 1. The van der Waals surface area contributed by atoms with Gasteiger partial charge in [0.15, 0.2) is 0 Å². The van der Waals surface area contributed by atoms with Gasteiger partial charge in [0.1, 0.15) is 5.69 Å². The molecule has 0 aromatic carbocycles. The first-order chi connectivity index (χ1) is 10.5. The molecule has 0 saturated heterocycles. The lowest BCUT2D eigenvalue weighted by atomic mass is 10.2. The van der Waals surface area contributed by atoms with Crippen LogP contribution in [0, 0.1) is 0 Å². The van der Waals surface area contributed by atoms with Crippen LogP contribution in [0.2, 0.25) is 0 Å². The van der Waals surface area contributed by atoms with Crippen LogP contribution in [-0.4, -0.2) is 28.8 Å². The van der Waals surface area contributed by atoms with Gasteiger partial charge in [-0.2, -0.15) is 0 Å². The second-order valence-corrected chi connectivity index (χ2v) is 4.09. The number of pyridine rings is 1. The van der Waals surface area contributed by atoms with Gasteiger partial charge in [-0.25, -0.2) is 4.79 Å². The SMILES string of the molecule is CCOC(=O)Nc1oc(-c2ccccn2)c(O)c1OC(C)=O. The van der Waals surface area contributed by atoms with Crippen LogP contribution >= 0.6 is 0 Å². The molecule has 0 aliphatic heterocycles. The average Bonchev–Trinajstić information content (AvgIpc) is 2.77. The molecule has 1 amide bonds. The van der Waals surface area contributed by atoms with Crippen molar-refractivity contribution < 1.29 is 28.6 Å². The summed E-state index contributed by atoms with van der Waals surface area (Å²) in [6.07, 6.45) is 0.693. The molecular formula is C14H14N2O6. The minimum Gasteiger partial charge on any atom is -0.501 e. The zero-order valence-corrected chi connectivity index (χ0v) is 12.0. The lowest BCUT2D eigenvalue weighted by Crippen LogP contribution is -2.14. The smallest absolute Gasteiger partial charge is 0.414 e. The summed E-state index contributed by atoms with van der Waals surface area (Å²) in [6, 6.07) is 4.97. The Hall–Kier alpha value is -3.03. The molecule has 2 rings (SSSR count). The molecule has 2 aromatic heterocycles. The molecule has 8 heteroatoms. The van der Waals surface area contributed by atoms with E-state index in [1.54, 1.807) is 25.1 Å². The number of anilines is 1. The fraction of sp³-hybridized carbons (Fsp3) is 0.214. The summed E-state index contributed by atoms with van der Waals surface area (Å²) in [7, 11) is 0. The first-order valence-corrected chi connectivity index (χ1v) is 6.42. The van der Waals surface area contributed by atoms with Crippen molar-refractivity contribution in [2.24, 2.45) is 0 Å². The van der Waals surface area contributed by atoms with Gasteiger partial charge in [0.05, 0.1) is 6.61 Å². The molecule has 116 valence electrons. The normalized spacial score (nSPS) is 10.1. The van der Waals surface area contributed by atoms with E-state index in [1.165, 1.54) is 6.20 Å². The van der Waals surface area contributed by atoms with Crippen molar-refractivity contribution in [2.75, 3.05) is 11.9 Å². The summed E-state index contributed by atoms with van der Waals surface area (Å²) in [5.74, 6) is -1.71. The number of hydrogen-bond acceptors (Lipinski definition) is 7. The number of nitrogens with zero attached hydrogens (tertiary/aromatic N) is 1. The van der Waals surface area contributed by atoms with Crippen molar-refractivity contribution in [2.45, 2.75) is 13.8 Å². The van der Waals surface area contributed by atoms with Crippen molar-refractivity contribution in [1.82, 2.24) is 4.98 Å². The minimum atomic E-state index is -0.808. The number of aromatic hydroxyl groups is 1. The molecule has 2 heterocycles. The lowest BCUT2D eigenvalue weighted by Gasteiger charge is -2.04. The first-order valence-electron chi connectivity index (χ1n) is 6.42. The molecule has 0 atom stereocenters. The molecule has 0 aliphatic carbocycles. The third-order valence-electron chi connectivity index (χ3n) is 2.47. The fourth-order valence-corrected chi connectivity index (χ4v) is 1.66. The van der Waals surface area contributed by atoms with Crippen LogP contribution < -0.4 is 10.1 Å². The van der Waals surface area contributed by atoms with E-state index in [-0.39, 0.29) is 24.0 Å². The quantitative estimate of drug-likeness (QED) is 0.835. The zero-order valence-electron chi connectivity index (χ0n) is 12.0. The standard InChI is InChI=1S/C14H14N2O6/c1-3-20-14(19)16-13-12(21-8(2)17)10(18)11(22-13)9-6-4-5-7-15-9/h4-7,18H,3H2,1-2H3,(H,16,19). The molecule has 0 fully saturated rings. The van der Waals surface area contributed by atoms with Crippen LogP contribution in [-0.2, 0) is 9.53 Å². The Morgan fingerprint density at radius 3 is 2.77 bits per heavy atom. The Labute approximate surface area is 125 Å². The van der Waals surface area contributed by atoms with Gasteiger partial charge in [0.2, 0.25) is 17.3 Å². The van der Waals surface area contributed by atoms with Crippen LogP contribution in [0.25, 0.3) is 11.5 Å². The second kappa shape index (κ2) is 6.61. The van der Waals surface area contributed by atoms with E-state index in [9.17, 15) is 14.7 Å². The molecule has 22 heavy (non-hydrogen) atoms. The summed E-state index contributed by atoms with van der Waals surface area (Å²) in [6.45, 7) is 2.93. The van der Waals surface area contributed by atoms with Gasteiger partial charge in [-0.3, -0.25) is 15.1 Å². The van der Waals surface area contributed by atoms with Crippen molar-refractivity contribution in [1.29, 1.82) is 0 Å². The lowest BCUT2D eigenvalue weighted by molar-refractivity contribution is -0.132. The summed E-state index contributed by atoms with van der Waals surface area (Å²) >= 11 is 0. The Morgan fingerprint density at radius 2 is 2.18 bits per heavy atom. The highest BCUT2D eigenvalue weighted by Crippen LogP contribution is 2.45. The molecule has 0 saturated carbocycles. The zero-order chi connectivity index (χ0) is 16.1.